The summed E-state index contributed by atoms with van der Waals surface area (Å²) in [6, 6.07) is 0. The first-order valence-electron chi connectivity index (χ1n) is 8.38. The van der Waals surface area contributed by atoms with E-state index in [1.54, 1.807) is 0 Å². The van der Waals surface area contributed by atoms with Crippen LogP contribution in [0.15, 0.2) is 30.0 Å². The van der Waals surface area contributed by atoms with Gasteiger partial charge in [-0.25, -0.2) is 9.67 Å². The molecular formula is C18H28N4O. The lowest BCUT2D eigenvalue weighted by Crippen LogP contribution is -2.21. The van der Waals surface area contributed by atoms with Gasteiger partial charge in [-0.15, -0.1) is 0 Å². The molecule has 1 atom stereocenters. The van der Waals surface area contributed by atoms with E-state index in [9.17, 15) is 0 Å². The molecule has 23 heavy (non-hydrogen) atoms. The molecule has 5 heteroatoms. The SMILES string of the molecule is C=Cc1c(CCN(C)C=NC(=C)CC)cnn1C1CCCCO1. The third-order valence-corrected chi connectivity index (χ3v) is 4.11. The number of likely N-dealkylation sites (N-methyl/N-ethyl adjacent to an activating group) is 1. The van der Waals surface area contributed by atoms with Crippen molar-refractivity contribution >= 4 is 12.4 Å². The van der Waals surface area contributed by atoms with Gasteiger partial charge in [0.15, 0.2) is 6.23 Å². The summed E-state index contributed by atoms with van der Waals surface area (Å²) in [4.78, 5) is 6.39. The molecule has 0 aliphatic carbocycles. The third-order valence-electron chi connectivity index (χ3n) is 4.11. The van der Waals surface area contributed by atoms with E-state index in [2.05, 4.69) is 35.1 Å². The van der Waals surface area contributed by atoms with Crippen molar-refractivity contribution in [1.82, 2.24) is 14.7 Å². The van der Waals surface area contributed by atoms with E-state index in [1.807, 2.05) is 30.3 Å². The maximum atomic E-state index is 5.83. The number of rotatable bonds is 8. The Bertz CT molecular complexity index is 555. The largest absolute Gasteiger partial charge is 0.365 e. The molecule has 5 nitrogen and oxygen atoms in total. The Hall–Kier alpha value is -1.88. The van der Waals surface area contributed by atoms with E-state index in [1.165, 1.54) is 12.0 Å². The summed E-state index contributed by atoms with van der Waals surface area (Å²) in [6.07, 6.45) is 10.8. The van der Waals surface area contributed by atoms with Crippen LogP contribution >= 0.6 is 0 Å². The van der Waals surface area contributed by atoms with Gasteiger partial charge in [0.2, 0.25) is 0 Å². The topological polar surface area (TPSA) is 42.7 Å². The molecule has 0 N–H and O–H groups in total. The van der Waals surface area contributed by atoms with Crippen LogP contribution in [-0.4, -0.2) is 41.2 Å². The second kappa shape index (κ2) is 8.67. The van der Waals surface area contributed by atoms with Gasteiger partial charge in [0.1, 0.15) is 0 Å². The van der Waals surface area contributed by atoms with E-state index < -0.39 is 0 Å². The Kier molecular flexibility index (Phi) is 6.59. The Morgan fingerprint density at radius 3 is 3.04 bits per heavy atom. The van der Waals surface area contributed by atoms with Gasteiger partial charge in [-0.3, -0.25) is 0 Å². The number of hydrogen-bond acceptors (Lipinski definition) is 3. The molecule has 0 spiro atoms. The van der Waals surface area contributed by atoms with Crippen LogP contribution in [0.2, 0.25) is 0 Å². The fourth-order valence-corrected chi connectivity index (χ4v) is 2.60. The quantitative estimate of drug-likeness (QED) is 0.543. The summed E-state index contributed by atoms with van der Waals surface area (Å²) in [5.74, 6) is 0. The summed E-state index contributed by atoms with van der Waals surface area (Å²) in [7, 11) is 2.02. The van der Waals surface area contributed by atoms with Crippen molar-refractivity contribution in [2.75, 3.05) is 20.2 Å². The molecule has 1 aliphatic rings. The molecular weight excluding hydrogens is 288 g/mol. The maximum absolute atomic E-state index is 5.83. The Balaban J connectivity index is 1.97. The molecule has 2 rings (SSSR count). The monoisotopic (exact) mass is 316 g/mol. The number of ether oxygens (including phenoxy) is 1. The lowest BCUT2D eigenvalue weighted by molar-refractivity contribution is -0.0398. The second-order valence-electron chi connectivity index (χ2n) is 5.92. The predicted molar refractivity (Wildman–Crippen MR) is 95.4 cm³/mol. The second-order valence-corrected chi connectivity index (χ2v) is 5.92. The molecule has 1 aliphatic heterocycles. The molecule has 1 fully saturated rings. The molecule has 0 amide bonds. The zero-order valence-corrected chi connectivity index (χ0v) is 14.4. The minimum absolute atomic E-state index is 0.0534. The molecule has 2 heterocycles. The van der Waals surface area contributed by atoms with E-state index in [-0.39, 0.29) is 6.23 Å². The first-order valence-corrected chi connectivity index (χ1v) is 8.38. The van der Waals surface area contributed by atoms with Gasteiger partial charge in [0.05, 0.1) is 18.2 Å². The van der Waals surface area contributed by atoms with Crippen molar-refractivity contribution in [3.8, 4) is 0 Å². The molecule has 1 aromatic rings. The maximum Gasteiger partial charge on any atom is 0.150 e. The third kappa shape index (κ3) is 4.79. The van der Waals surface area contributed by atoms with Crippen molar-refractivity contribution in [2.24, 2.45) is 4.99 Å². The van der Waals surface area contributed by atoms with Crippen LogP contribution < -0.4 is 0 Å². The highest BCUT2D eigenvalue weighted by atomic mass is 16.5. The molecule has 0 aromatic carbocycles. The molecule has 1 saturated heterocycles. The molecule has 1 aromatic heterocycles. The van der Waals surface area contributed by atoms with Crippen LogP contribution in [-0.2, 0) is 11.2 Å². The zero-order valence-electron chi connectivity index (χ0n) is 14.4. The standard InChI is InChI=1S/C18H28N4O/c1-5-15(3)19-14-21(4)11-10-16-13-20-22(17(16)6-2)18-9-7-8-12-23-18/h6,13-14,18H,2-3,5,7-12H2,1,4H3. The highest BCUT2D eigenvalue weighted by Crippen LogP contribution is 2.25. The van der Waals surface area contributed by atoms with Crippen LogP contribution in [0.4, 0.5) is 0 Å². The summed E-state index contributed by atoms with van der Waals surface area (Å²) >= 11 is 0. The normalized spacial score (nSPS) is 18.3. The van der Waals surface area contributed by atoms with E-state index in [0.29, 0.717) is 0 Å². The van der Waals surface area contributed by atoms with Gasteiger partial charge in [-0.2, -0.15) is 5.10 Å². The molecule has 126 valence electrons. The summed E-state index contributed by atoms with van der Waals surface area (Å²) in [5.41, 5.74) is 3.16. The minimum Gasteiger partial charge on any atom is -0.365 e. The average molecular weight is 316 g/mol. The average Bonchev–Trinajstić information content (AvgIpc) is 3.01. The fraction of sp³-hybridized carbons (Fsp3) is 0.556. The highest BCUT2D eigenvalue weighted by Gasteiger charge is 2.20. The zero-order chi connectivity index (χ0) is 16.7. The van der Waals surface area contributed by atoms with Gasteiger partial charge in [0.25, 0.3) is 0 Å². The van der Waals surface area contributed by atoms with Crippen molar-refractivity contribution in [3.63, 3.8) is 0 Å². The van der Waals surface area contributed by atoms with Gasteiger partial charge in [0, 0.05) is 25.9 Å². The smallest absolute Gasteiger partial charge is 0.150 e. The summed E-state index contributed by atoms with van der Waals surface area (Å²) < 4.78 is 7.81. The van der Waals surface area contributed by atoms with Gasteiger partial charge < -0.3 is 9.64 Å². The number of allylic oxidation sites excluding steroid dienone is 1. The Morgan fingerprint density at radius 1 is 1.57 bits per heavy atom. The van der Waals surface area contributed by atoms with E-state index >= 15 is 0 Å². The van der Waals surface area contributed by atoms with Gasteiger partial charge >= 0.3 is 0 Å². The number of nitrogens with zero attached hydrogens (tertiary/aromatic N) is 4. The van der Waals surface area contributed by atoms with Crippen molar-refractivity contribution in [2.45, 2.75) is 45.3 Å². The molecule has 0 radical (unpaired) electrons. The Morgan fingerprint density at radius 2 is 2.39 bits per heavy atom. The van der Waals surface area contributed by atoms with Crippen LogP contribution in [0.25, 0.3) is 6.08 Å². The van der Waals surface area contributed by atoms with Gasteiger partial charge in [-0.05, 0) is 43.7 Å². The summed E-state index contributed by atoms with van der Waals surface area (Å²) in [6.45, 7) is 11.6. The molecule has 0 bridgehead atoms. The van der Waals surface area contributed by atoms with Crippen molar-refractivity contribution < 1.29 is 4.74 Å². The Labute approximate surface area is 139 Å². The minimum atomic E-state index is 0.0534. The summed E-state index contributed by atoms with van der Waals surface area (Å²) in [5, 5.41) is 4.53. The van der Waals surface area contributed by atoms with Crippen LogP contribution in [0.3, 0.4) is 0 Å². The number of aliphatic imine (C=N–C) groups is 1. The van der Waals surface area contributed by atoms with Crippen LogP contribution in [0.5, 0.6) is 0 Å². The van der Waals surface area contributed by atoms with Crippen molar-refractivity contribution in [3.05, 3.63) is 36.3 Å². The molecule has 1 unspecified atom stereocenters. The van der Waals surface area contributed by atoms with Gasteiger partial charge in [-0.1, -0.05) is 20.1 Å². The number of aromatic nitrogens is 2. The first-order chi connectivity index (χ1) is 11.2. The fourth-order valence-electron chi connectivity index (χ4n) is 2.60. The number of hydrogen-bond donors (Lipinski definition) is 0. The van der Waals surface area contributed by atoms with E-state index in [4.69, 9.17) is 4.74 Å². The first kappa shape index (κ1) is 17.5. The predicted octanol–water partition coefficient (Wildman–Crippen LogP) is 3.65. The van der Waals surface area contributed by atoms with Crippen LogP contribution in [0, 0.1) is 0 Å². The lowest BCUT2D eigenvalue weighted by atomic mass is 10.1. The van der Waals surface area contributed by atoms with E-state index in [0.717, 1.165) is 50.2 Å². The lowest BCUT2D eigenvalue weighted by Gasteiger charge is -2.24. The van der Waals surface area contributed by atoms with Crippen LogP contribution in [0.1, 0.15) is 50.1 Å². The van der Waals surface area contributed by atoms with Crippen molar-refractivity contribution in [1.29, 1.82) is 0 Å². The molecule has 0 saturated carbocycles. The highest BCUT2D eigenvalue weighted by molar-refractivity contribution is 5.56.